The molecule has 10 heteroatoms. The van der Waals surface area contributed by atoms with Crippen molar-refractivity contribution in [3.63, 3.8) is 0 Å². The first-order chi connectivity index (χ1) is 17.2. The van der Waals surface area contributed by atoms with Crippen LogP contribution < -0.4 is 10.6 Å². The average Bonchev–Trinajstić information content (AvgIpc) is 2.84. The lowest BCUT2D eigenvalue weighted by Gasteiger charge is -2.42. The van der Waals surface area contributed by atoms with Crippen molar-refractivity contribution in [2.45, 2.75) is 32.7 Å². The molecule has 8 nitrogen and oxygen atoms in total. The van der Waals surface area contributed by atoms with Crippen LogP contribution in [0.1, 0.15) is 27.2 Å². The molecule has 0 spiro atoms. The summed E-state index contributed by atoms with van der Waals surface area (Å²) >= 11 is 6.01. The number of hydrogen-bond acceptors (Lipinski definition) is 7. The Bertz CT molecular complexity index is 1210. The average molecular weight is 512 g/mol. The second-order valence-corrected chi connectivity index (χ2v) is 10.2. The third kappa shape index (κ3) is 6.96. The van der Waals surface area contributed by atoms with Gasteiger partial charge in [0.1, 0.15) is 11.6 Å². The molecule has 0 bridgehead atoms. The molecule has 3 heterocycles. The Morgan fingerprint density at radius 2 is 1.86 bits per heavy atom. The molecule has 1 aliphatic heterocycles. The van der Waals surface area contributed by atoms with Crippen LogP contribution in [0.15, 0.2) is 48.8 Å². The summed E-state index contributed by atoms with van der Waals surface area (Å²) in [6, 6.07) is 9.47. The molecule has 0 radical (unpaired) electrons. The Morgan fingerprint density at radius 1 is 1.08 bits per heavy atom. The van der Waals surface area contributed by atoms with Crippen molar-refractivity contribution in [1.82, 2.24) is 25.0 Å². The van der Waals surface area contributed by atoms with Crippen LogP contribution in [0.3, 0.4) is 0 Å². The zero-order chi connectivity index (χ0) is 25.7. The van der Waals surface area contributed by atoms with E-state index in [1.54, 1.807) is 24.4 Å². The molecule has 0 saturated carbocycles. The van der Waals surface area contributed by atoms with Crippen molar-refractivity contribution in [1.29, 1.82) is 0 Å². The summed E-state index contributed by atoms with van der Waals surface area (Å²) < 4.78 is 14.2. The molecule has 0 atom stereocenters. The van der Waals surface area contributed by atoms with Crippen molar-refractivity contribution in [3.05, 3.63) is 59.6 Å². The minimum Gasteiger partial charge on any atom is -0.354 e. The Balaban J connectivity index is 1.32. The highest BCUT2D eigenvalue weighted by molar-refractivity contribution is 6.30. The normalized spacial score (nSPS) is 15.0. The summed E-state index contributed by atoms with van der Waals surface area (Å²) in [5.41, 5.74) is 2.10. The van der Waals surface area contributed by atoms with Crippen molar-refractivity contribution in [3.8, 4) is 11.3 Å². The summed E-state index contributed by atoms with van der Waals surface area (Å²) in [5.74, 6) is -0.0660. The van der Waals surface area contributed by atoms with Gasteiger partial charge in [-0.05, 0) is 51.1 Å². The highest BCUT2D eigenvalue weighted by Crippen LogP contribution is 2.27. The number of amides is 1. The second kappa shape index (κ2) is 11.3. The number of benzene rings is 1. The Morgan fingerprint density at radius 3 is 2.61 bits per heavy atom. The SMILES string of the molecule is CC(C)(C)N1CCN(CCC(=O)Nc2cc(Nc3cnnc(-c4cc(Cl)ccc4F)c3)ccn2)CC1. The van der Waals surface area contributed by atoms with Crippen molar-refractivity contribution in [2.75, 3.05) is 43.4 Å². The molecular formula is C26H31ClFN7O. The van der Waals surface area contributed by atoms with Gasteiger partial charge in [-0.15, -0.1) is 0 Å². The number of nitrogens with one attached hydrogen (secondary N) is 2. The van der Waals surface area contributed by atoms with E-state index in [9.17, 15) is 9.18 Å². The van der Waals surface area contributed by atoms with Gasteiger partial charge >= 0.3 is 0 Å². The summed E-state index contributed by atoms with van der Waals surface area (Å²) in [4.78, 5) is 21.6. The van der Waals surface area contributed by atoms with Crippen LogP contribution in [0, 0.1) is 5.82 Å². The van der Waals surface area contributed by atoms with E-state index in [4.69, 9.17) is 11.6 Å². The van der Waals surface area contributed by atoms with Gasteiger partial charge in [0, 0.05) is 73.2 Å². The number of rotatable bonds is 7. The van der Waals surface area contributed by atoms with Crippen LogP contribution >= 0.6 is 11.6 Å². The zero-order valence-electron chi connectivity index (χ0n) is 20.8. The number of anilines is 3. The van der Waals surface area contributed by atoms with Crippen LogP contribution in [-0.2, 0) is 4.79 Å². The minimum absolute atomic E-state index is 0.0813. The van der Waals surface area contributed by atoms with E-state index in [1.165, 1.54) is 24.4 Å². The largest absolute Gasteiger partial charge is 0.354 e. The van der Waals surface area contributed by atoms with Crippen molar-refractivity contribution in [2.24, 2.45) is 0 Å². The number of pyridine rings is 1. The van der Waals surface area contributed by atoms with Gasteiger partial charge in [0.15, 0.2) is 0 Å². The van der Waals surface area contributed by atoms with Gasteiger partial charge in [0.05, 0.1) is 17.6 Å². The summed E-state index contributed by atoms with van der Waals surface area (Å²) in [6.07, 6.45) is 3.54. The number of carbonyl (C=O) groups excluding carboxylic acids is 1. The molecular weight excluding hydrogens is 481 g/mol. The predicted molar refractivity (Wildman–Crippen MR) is 141 cm³/mol. The molecule has 1 amide bonds. The van der Waals surface area contributed by atoms with Gasteiger partial charge in [0.2, 0.25) is 5.91 Å². The van der Waals surface area contributed by atoms with Crippen LogP contribution in [0.5, 0.6) is 0 Å². The topological polar surface area (TPSA) is 86.3 Å². The molecule has 1 saturated heterocycles. The molecule has 1 fully saturated rings. The zero-order valence-corrected chi connectivity index (χ0v) is 21.5. The van der Waals surface area contributed by atoms with E-state index < -0.39 is 5.82 Å². The molecule has 3 aromatic rings. The van der Waals surface area contributed by atoms with Gasteiger partial charge in [-0.3, -0.25) is 9.69 Å². The highest BCUT2D eigenvalue weighted by Gasteiger charge is 2.25. The van der Waals surface area contributed by atoms with Gasteiger partial charge in [-0.25, -0.2) is 9.37 Å². The smallest absolute Gasteiger partial charge is 0.226 e. The molecule has 2 aromatic heterocycles. The van der Waals surface area contributed by atoms with Crippen molar-refractivity contribution < 1.29 is 9.18 Å². The van der Waals surface area contributed by atoms with E-state index >= 15 is 0 Å². The maximum Gasteiger partial charge on any atom is 0.226 e. The monoisotopic (exact) mass is 511 g/mol. The first-order valence-electron chi connectivity index (χ1n) is 12.0. The van der Waals surface area contributed by atoms with E-state index in [2.05, 4.69) is 56.4 Å². The lowest BCUT2D eigenvalue weighted by atomic mass is 10.0. The van der Waals surface area contributed by atoms with Gasteiger partial charge in [-0.2, -0.15) is 10.2 Å². The van der Waals surface area contributed by atoms with E-state index in [0.29, 0.717) is 40.9 Å². The molecule has 1 aliphatic rings. The summed E-state index contributed by atoms with van der Waals surface area (Å²) in [6.45, 7) is 11.4. The number of piperazine rings is 1. The van der Waals surface area contributed by atoms with Crippen LogP contribution in [0.25, 0.3) is 11.3 Å². The number of hydrogen-bond donors (Lipinski definition) is 2. The molecule has 0 unspecified atom stereocenters. The molecule has 0 aliphatic carbocycles. The summed E-state index contributed by atoms with van der Waals surface area (Å²) in [7, 11) is 0. The fourth-order valence-electron chi connectivity index (χ4n) is 4.11. The molecule has 36 heavy (non-hydrogen) atoms. The van der Waals surface area contributed by atoms with E-state index in [1.807, 2.05) is 0 Å². The maximum absolute atomic E-state index is 14.2. The summed E-state index contributed by atoms with van der Waals surface area (Å²) in [5, 5.41) is 14.5. The minimum atomic E-state index is -0.434. The Hall–Kier alpha value is -3.14. The van der Waals surface area contributed by atoms with Gasteiger partial charge in [0.25, 0.3) is 0 Å². The van der Waals surface area contributed by atoms with Gasteiger partial charge in [-0.1, -0.05) is 11.6 Å². The first-order valence-corrected chi connectivity index (χ1v) is 12.3. The number of halogens is 2. The fourth-order valence-corrected chi connectivity index (χ4v) is 4.28. The van der Waals surface area contributed by atoms with Gasteiger partial charge < -0.3 is 15.5 Å². The fraction of sp³-hybridized carbons (Fsp3) is 0.385. The van der Waals surface area contributed by atoms with E-state index in [-0.39, 0.29) is 17.0 Å². The lowest BCUT2D eigenvalue weighted by Crippen LogP contribution is -2.53. The van der Waals surface area contributed by atoms with Crippen LogP contribution in [0.4, 0.5) is 21.6 Å². The Labute approximate surface area is 215 Å². The van der Waals surface area contributed by atoms with Crippen LogP contribution in [0.2, 0.25) is 5.02 Å². The number of aromatic nitrogens is 3. The lowest BCUT2D eigenvalue weighted by molar-refractivity contribution is -0.116. The second-order valence-electron chi connectivity index (χ2n) is 9.81. The molecule has 190 valence electrons. The molecule has 1 aromatic carbocycles. The first kappa shape index (κ1) is 25.9. The van der Waals surface area contributed by atoms with E-state index in [0.717, 1.165) is 26.2 Å². The standard InChI is InChI=1S/C26H31ClFN7O/c1-26(2,3)35-12-10-34(11-13-35)9-7-25(36)32-24-16-19(6-8-29-24)31-20-15-23(33-30-17-20)21-14-18(27)4-5-22(21)28/h4-6,8,14-17H,7,9-13H2,1-3H3,(H2,29,31,32,33,36). The third-order valence-electron chi connectivity index (χ3n) is 6.15. The third-order valence-corrected chi connectivity index (χ3v) is 6.39. The van der Waals surface area contributed by atoms with Crippen molar-refractivity contribution >= 4 is 34.7 Å². The predicted octanol–water partition coefficient (Wildman–Crippen LogP) is 4.82. The van der Waals surface area contributed by atoms with Crippen LogP contribution in [-0.4, -0.2) is 69.2 Å². The number of carbonyl (C=O) groups is 1. The maximum atomic E-state index is 14.2. The quantitative estimate of drug-likeness (QED) is 0.470. The molecule has 4 rings (SSSR count). The Kier molecular flexibility index (Phi) is 8.13. The highest BCUT2D eigenvalue weighted by atomic mass is 35.5. The number of nitrogens with zero attached hydrogens (tertiary/aromatic N) is 5. The molecule has 2 N–H and O–H groups in total.